The summed E-state index contributed by atoms with van der Waals surface area (Å²) in [6.45, 7) is 5.09. The Labute approximate surface area is 191 Å². The molecule has 3 amide bonds. The van der Waals surface area contributed by atoms with Crippen molar-refractivity contribution >= 4 is 28.7 Å². The molecule has 0 unspecified atom stereocenters. The predicted molar refractivity (Wildman–Crippen MR) is 121 cm³/mol. The van der Waals surface area contributed by atoms with Crippen LogP contribution in [0.4, 0.5) is 4.79 Å². The van der Waals surface area contributed by atoms with Crippen LogP contribution in [0.5, 0.6) is 0 Å². The molecule has 0 aliphatic carbocycles. The maximum Gasteiger partial charge on any atom is 0.409 e. The van der Waals surface area contributed by atoms with Gasteiger partial charge < -0.3 is 19.4 Å². The standard InChI is InChI=1S/C23H29N5O5/c1-2-33-23(32)28-13-11-27(12-14-28)22(31)16-7-9-26(10-8-16)20(29)15-19-17-5-3-4-6-18(17)21(30)25-24-19/h3-6,16H,2,7-15H2,1H3,(H,25,30). The number of hydrogen-bond acceptors (Lipinski definition) is 6. The first-order chi connectivity index (χ1) is 16.0. The van der Waals surface area contributed by atoms with Crippen molar-refractivity contribution in [3.8, 4) is 0 Å². The summed E-state index contributed by atoms with van der Waals surface area (Å²) < 4.78 is 5.02. The first-order valence-corrected chi connectivity index (χ1v) is 11.4. The van der Waals surface area contributed by atoms with E-state index in [0.717, 1.165) is 0 Å². The van der Waals surface area contributed by atoms with Gasteiger partial charge >= 0.3 is 6.09 Å². The number of carbonyl (C=O) groups excluding carboxylic acids is 3. The molecule has 4 rings (SSSR count). The molecule has 1 N–H and O–H groups in total. The van der Waals surface area contributed by atoms with Gasteiger partial charge in [0.2, 0.25) is 11.8 Å². The molecule has 10 nitrogen and oxygen atoms in total. The summed E-state index contributed by atoms with van der Waals surface area (Å²) in [7, 11) is 0. The molecule has 0 bridgehead atoms. The number of nitrogens with zero attached hydrogens (tertiary/aromatic N) is 4. The summed E-state index contributed by atoms with van der Waals surface area (Å²) >= 11 is 0. The van der Waals surface area contributed by atoms with Gasteiger partial charge in [-0.15, -0.1) is 0 Å². The Kier molecular flexibility index (Phi) is 6.90. The van der Waals surface area contributed by atoms with Crippen LogP contribution in [-0.4, -0.2) is 88.7 Å². The molecule has 1 aromatic carbocycles. The molecule has 0 saturated carbocycles. The molecule has 0 spiro atoms. The Morgan fingerprint density at radius 1 is 0.970 bits per heavy atom. The number of H-pyrrole nitrogens is 1. The van der Waals surface area contributed by atoms with Crippen LogP contribution in [0.15, 0.2) is 29.1 Å². The number of aromatic nitrogens is 2. The van der Waals surface area contributed by atoms with Gasteiger partial charge in [-0.25, -0.2) is 9.89 Å². The molecule has 176 valence electrons. The fourth-order valence-corrected chi connectivity index (χ4v) is 4.52. The second-order valence-corrected chi connectivity index (χ2v) is 8.39. The van der Waals surface area contributed by atoms with E-state index in [-0.39, 0.29) is 35.8 Å². The Hall–Kier alpha value is -3.43. The van der Waals surface area contributed by atoms with E-state index < -0.39 is 0 Å². The van der Waals surface area contributed by atoms with Crippen LogP contribution < -0.4 is 5.56 Å². The number of fused-ring (bicyclic) bond motifs is 1. The van der Waals surface area contributed by atoms with Gasteiger partial charge in [0.15, 0.2) is 0 Å². The lowest BCUT2D eigenvalue weighted by molar-refractivity contribution is -0.141. The number of likely N-dealkylation sites (tertiary alicyclic amines) is 1. The van der Waals surface area contributed by atoms with Crippen LogP contribution in [-0.2, 0) is 20.7 Å². The number of benzene rings is 1. The number of amides is 3. The Morgan fingerprint density at radius 2 is 1.61 bits per heavy atom. The Bertz CT molecular complexity index is 1080. The summed E-state index contributed by atoms with van der Waals surface area (Å²) in [5.41, 5.74) is 0.275. The Morgan fingerprint density at radius 3 is 2.27 bits per heavy atom. The number of hydrogen-bond donors (Lipinski definition) is 1. The highest BCUT2D eigenvalue weighted by Gasteiger charge is 2.32. The summed E-state index contributed by atoms with van der Waals surface area (Å²) in [4.78, 5) is 54.8. The van der Waals surface area contributed by atoms with Crippen molar-refractivity contribution in [2.24, 2.45) is 5.92 Å². The molecule has 33 heavy (non-hydrogen) atoms. The molecule has 0 radical (unpaired) electrons. The van der Waals surface area contributed by atoms with Gasteiger partial charge in [-0.2, -0.15) is 5.10 Å². The molecule has 3 heterocycles. The Balaban J connectivity index is 1.29. The number of aromatic amines is 1. The summed E-state index contributed by atoms with van der Waals surface area (Å²) in [5, 5.41) is 7.76. The first-order valence-electron chi connectivity index (χ1n) is 11.4. The van der Waals surface area contributed by atoms with Crippen molar-refractivity contribution in [1.82, 2.24) is 24.9 Å². The number of nitrogens with one attached hydrogen (secondary N) is 1. The topological polar surface area (TPSA) is 116 Å². The molecule has 10 heteroatoms. The zero-order chi connectivity index (χ0) is 23.4. The van der Waals surface area contributed by atoms with Crippen LogP contribution >= 0.6 is 0 Å². The minimum atomic E-state index is -0.332. The molecule has 0 atom stereocenters. The number of piperazine rings is 1. The second-order valence-electron chi connectivity index (χ2n) is 8.39. The van der Waals surface area contributed by atoms with Gasteiger partial charge in [-0.05, 0) is 25.8 Å². The second kappa shape index (κ2) is 10.0. The summed E-state index contributed by atoms with van der Waals surface area (Å²) in [6.07, 6.45) is 0.998. The molecular weight excluding hydrogens is 426 g/mol. The normalized spacial score (nSPS) is 17.3. The van der Waals surface area contributed by atoms with E-state index in [1.165, 1.54) is 0 Å². The lowest BCUT2D eigenvalue weighted by atomic mass is 9.94. The highest BCUT2D eigenvalue weighted by Crippen LogP contribution is 2.22. The number of piperidine rings is 1. The van der Waals surface area contributed by atoms with Crippen molar-refractivity contribution in [3.05, 3.63) is 40.3 Å². The van der Waals surface area contributed by atoms with E-state index >= 15 is 0 Å². The van der Waals surface area contributed by atoms with Crippen molar-refractivity contribution in [2.45, 2.75) is 26.2 Å². The van der Waals surface area contributed by atoms with Gasteiger partial charge in [0.25, 0.3) is 5.56 Å². The molecule has 2 fully saturated rings. The summed E-state index contributed by atoms with van der Waals surface area (Å²) in [5.74, 6) is -0.0808. The van der Waals surface area contributed by atoms with E-state index in [1.54, 1.807) is 34.9 Å². The van der Waals surface area contributed by atoms with Crippen LogP contribution in [0, 0.1) is 5.92 Å². The van der Waals surface area contributed by atoms with E-state index in [1.807, 2.05) is 11.0 Å². The van der Waals surface area contributed by atoms with Crippen molar-refractivity contribution < 1.29 is 19.1 Å². The van der Waals surface area contributed by atoms with Gasteiger partial charge in [-0.3, -0.25) is 14.4 Å². The predicted octanol–water partition coefficient (Wildman–Crippen LogP) is 1.00. The average Bonchev–Trinajstić information content (AvgIpc) is 2.86. The highest BCUT2D eigenvalue weighted by atomic mass is 16.6. The van der Waals surface area contributed by atoms with Crippen LogP contribution in [0.2, 0.25) is 0 Å². The smallest absolute Gasteiger partial charge is 0.409 e. The fraction of sp³-hybridized carbons (Fsp3) is 0.522. The molecule has 2 aliphatic heterocycles. The van der Waals surface area contributed by atoms with Gasteiger partial charge in [0, 0.05) is 50.6 Å². The van der Waals surface area contributed by atoms with Gasteiger partial charge in [0.1, 0.15) is 0 Å². The third-order valence-corrected chi connectivity index (χ3v) is 6.41. The third-order valence-electron chi connectivity index (χ3n) is 6.41. The van der Waals surface area contributed by atoms with Crippen molar-refractivity contribution in [2.75, 3.05) is 45.9 Å². The molecule has 2 saturated heterocycles. The van der Waals surface area contributed by atoms with E-state index in [0.29, 0.717) is 75.2 Å². The quantitative estimate of drug-likeness (QED) is 0.736. The lowest BCUT2D eigenvalue weighted by Crippen LogP contribution is -2.53. The van der Waals surface area contributed by atoms with Crippen LogP contribution in [0.25, 0.3) is 10.8 Å². The monoisotopic (exact) mass is 455 g/mol. The van der Waals surface area contributed by atoms with E-state index in [4.69, 9.17) is 4.74 Å². The van der Waals surface area contributed by atoms with Crippen LogP contribution in [0.3, 0.4) is 0 Å². The largest absolute Gasteiger partial charge is 0.450 e. The number of rotatable bonds is 4. The SMILES string of the molecule is CCOC(=O)N1CCN(C(=O)C2CCN(C(=O)Cc3n[nH]c(=O)c4ccccc34)CC2)CC1. The number of carbonyl (C=O) groups is 3. The highest BCUT2D eigenvalue weighted by molar-refractivity contribution is 5.88. The third kappa shape index (κ3) is 4.99. The molecule has 1 aromatic heterocycles. The lowest BCUT2D eigenvalue weighted by Gasteiger charge is -2.38. The van der Waals surface area contributed by atoms with E-state index in [2.05, 4.69) is 10.2 Å². The molecular formula is C23H29N5O5. The summed E-state index contributed by atoms with van der Waals surface area (Å²) in [6, 6.07) is 7.11. The maximum absolute atomic E-state index is 12.9. The minimum Gasteiger partial charge on any atom is -0.450 e. The first kappa shape index (κ1) is 22.8. The minimum absolute atomic E-state index is 0.0614. The number of ether oxygens (including phenoxy) is 1. The van der Waals surface area contributed by atoms with Gasteiger partial charge in [-0.1, -0.05) is 18.2 Å². The van der Waals surface area contributed by atoms with Crippen molar-refractivity contribution in [3.63, 3.8) is 0 Å². The van der Waals surface area contributed by atoms with Gasteiger partial charge in [0.05, 0.1) is 24.1 Å². The molecule has 2 aliphatic rings. The zero-order valence-electron chi connectivity index (χ0n) is 18.8. The zero-order valence-corrected chi connectivity index (χ0v) is 18.8. The fourth-order valence-electron chi connectivity index (χ4n) is 4.52. The van der Waals surface area contributed by atoms with Crippen LogP contribution in [0.1, 0.15) is 25.5 Å². The molecule has 2 aromatic rings. The maximum atomic E-state index is 12.9. The van der Waals surface area contributed by atoms with E-state index in [9.17, 15) is 19.2 Å². The average molecular weight is 456 g/mol. The van der Waals surface area contributed by atoms with Crippen molar-refractivity contribution in [1.29, 1.82) is 0 Å².